The largest absolute Gasteiger partial charge is 0.361 e. The van der Waals surface area contributed by atoms with Crippen molar-refractivity contribution in [1.29, 1.82) is 0 Å². The minimum atomic E-state index is -0.218. The fraction of sp³-hybridized carbons (Fsp3) is 0.462. The zero-order valence-electron chi connectivity index (χ0n) is 19.0. The number of halogens is 1. The van der Waals surface area contributed by atoms with Gasteiger partial charge in [-0.15, -0.1) is 0 Å². The molecule has 1 aromatic carbocycles. The van der Waals surface area contributed by atoms with E-state index in [0.717, 1.165) is 49.8 Å². The summed E-state index contributed by atoms with van der Waals surface area (Å²) >= 11 is 0. The monoisotopic (exact) mass is 449 g/mol. The van der Waals surface area contributed by atoms with Crippen LogP contribution in [0.1, 0.15) is 50.0 Å². The Kier molecular flexibility index (Phi) is 6.58. The summed E-state index contributed by atoms with van der Waals surface area (Å²) in [5, 5.41) is 4.34. The normalized spacial score (nSPS) is 19.7. The lowest BCUT2D eigenvalue weighted by molar-refractivity contribution is 0.236. The number of amides is 2. The van der Waals surface area contributed by atoms with Crippen molar-refractivity contribution in [2.45, 2.75) is 50.5 Å². The Morgan fingerprint density at radius 1 is 1.18 bits per heavy atom. The number of H-pyrrole nitrogens is 1. The van der Waals surface area contributed by atoms with E-state index in [1.807, 2.05) is 30.5 Å². The van der Waals surface area contributed by atoms with E-state index in [4.69, 9.17) is 0 Å². The number of urea groups is 1. The Labute approximate surface area is 194 Å². The highest BCUT2D eigenvalue weighted by molar-refractivity contribution is 5.91. The summed E-state index contributed by atoms with van der Waals surface area (Å²) in [6, 6.07) is 10.9. The topological polar surface area (TPSA) is 64.3 Å². The van der Waals surface area contributed by atoms with Gasteiger partial charge in [-0.25, -0.2) is 14.2 Å². The second-order valence-corrected chi connectivity index (χ2v) is 9.34. The standard InChI is InChI=1S/C26H32FN5O/c27-20-9-10-22-23(17-29-24(22)16-20)19-11-13-31(18-19)14-15-32(25-8-4-5-12-28-25)26(33)30-21-6-2-1-3-7-21/h4-5,8-10,12,16-17,19,21,29H,1-3,6-7,11,13-15,18H2,(H,30,33). The molecule has 1 saturated heterocycles. The number of aromatic nitrogens is 2. The molecule has 2 N–H and O–H groups in total. The van der Waals surface area contributed by atoms with Gasteiger partial charge in [-0.2, -0.15) is 0 Å². The molecule has 2 amide bonds. The van der Waals surface area contributed by atoms with Crippen LogP contribution in [0.15, 0.2) is 48.8 Å². The van der Waals surface area contributed by atoms with E-state index in [0.29, 0.717) is 18.3 Å². The summed E-state index contributed by atoms with van der Waals surface area (Å²) in [7, 11) is 0. The van der Waals surface area contributed by atoms with Crippen molar-refractivity contribution >= 4 is 22.8 Å². The van der Waals surface area contributed by atoms with Gasteiger partial charge >= 0.3 is 6.03 Å². The van der Waals surface area contributed by atoms with Gasteiger partial charge in [0.2, 0.25) is 0 Å². The Morgan fingerprint density at radius 3 is 2.88 bits per heavy atom. The molecule has 0 bridgehead atoms. The molecule has 7 heteroatoms. The predicted molar refractivity (Wildman–Crippen MR) is 129 cm³/mol. The van der Waals surface area contributed by atoms with Gasteiger partial charge in [0.15, 0.2) is 0 Å². The molecule has 2 aromatic heterocycles. The maximum absolute atomic E-state index is 13.5. The van der Waals surface area contributed by atoms with Crippen molar-refractivity contribution in [1.82, 2.24) is 20.2 Å². The molecule has 3 aromatic rings. The van der Waals surface area contributed by atoms with Crippen molar-refractivity contribution in [3.8, 4) is 0 Å². The van der Waals surface area contributed by atoms with E-state index >= 15 is 0 Å². The zero-order valence-corrected chi connectivity index (χ0v) is 19.0. The minimum absolute atomic E-state index is 0.0463. The van der Waals surface area contributed by atoms with Crippen LogP contribution in [0.25, 0.3) is 10.9 Å². The molecule has 1 unspecified atom stereocenters. The molecule has 5 rings (SSSR count). The molecule has 6 nitrogen and oxygen atoms in total. The van der Waals surface area contributed by atoms with Crippen LogP contribution in [0.2, 0.25) is 0 Å². The van der Waals surface area contributed by atoms with E-state index in [1.165, 1.54) is 30.9 Å². The molecule has 1 aliphatic heterocycles. The van der Waals surface area contributed by atoms with Crippen molar-refractivity contribution in [2.24, 2.45) is 0 Å². The third-order valence-corrected chi connectivity index (χ3v) is 7.13. The average Bonchev–Trinajstić information content (AvgIpc) is 3.47. The van der Waals surface area contributed by atoms with Gasteiger partial charge in [0.05, 0.1) is 0 Å². The zero-order chi connectivity index (χ0) is 22.6. The molecule has 33 heavy (non-hydrogen) atoms. The first kappa shape index (κ1) is 21.9. The van der Waals surface area contributed by atoms with Crippen molar-refractivity contribution in [3.05, 3.63) is 60.2 Å². The summed E-state index contributed by atoms with van der Waals surface area (Å²) < 4.78 is 13.5. The SMILES string of the molecule is O=C(NC1CCCCC1)N(CCN1CCC(c2c[nH]c3cc(F)ccc23)C1)c1ccccn1. The maximum atomic E-state index is 13.5. The number of hydrogen-bond acceptors (Lipinski definition) is 3. The number of carbonyl (C=O) groups excluding carboxylic acids is 1. The molecule has 3 heterocycles. The minimum Gasteiger partial charge on any atom is -0.361 e. The van der Waals surface area contributed by atoms with Crippen LogP contribution in [-0.2, 0) is 0 Å². The van der Waals surface area contributed by atoms with Gasteiger partial charge in [-0.3, -0.25) is 4.90 Å². The molecule has 2 aliphatic rings. The Balaban J connectivity index is 1.23. The van der Waals surface area contributed by atoms with Crippen molar-refractivity contribution in [2.75, 3.05) is 31.1 Å². The lowest BCUT2D eigenvalue weighted by Crippen LogP contribution is -2.48. The highest BCUT2D eigenvalue weighted by Gasteiger charge is 2.28. The molecule has 1 atom stereocenters. The Hall–Kier alpha value is -2.93. The number of pyridine rings is 1. The van der Waals surface area contributed by atoms with E-state index in [9.17, 15) is 9.18 Å². The van der Waals surface area contributed by atoms with Crippen LogP contribution in [0.3, 0.4) is 0 Å². The maximum Gasteiger partial charge on any atom is 0.323 e. The lowest BCUT2D eigenvalue weighted by Gasteiger charge is -2.29. The fourth-order valence-corrected chi connectivity index (χ4v) is 5.32. The van der Waals surface area contributed by atoms with Crippen LogP contribution in [0, 0.1) is 5.82 Å². The Morgan fingerprint density at radius 2 is 2.06 bits per heavy atom. The molecule has 0 radical (unpaired) electrons. The molecule has 1 aliphatic carbocycles. The summed E-state index contributed by atoms with van der Waals surface area (Å²) in [6.07, 6.45) is 10.6. The van der Waals surface area contributed by atoms with Gasteiger partial charge in [0.25, 0.3) is 0 Å². The number of nitrogens with zero attached hydrogens (tertiary/aromatic N) is 3. The van der Waals surface area contributed by atoms with Gasteiger partial charge in [-0.05, 0) is 67.6 Å². The number of benzene rings is 1. The van der Waals surface area contributed by atoms with Crippen LogP contribution in [-0.4, -0.2) is 53.1 Å². The van der Waals surface area contributed by atoms with Crippen LogP contribution in [0.4, 0.5) is 15.0 Å². The third-order valence-electron chi connectivity index (χ3n) is 7.13. The average molecular weight is 450 g/mol. The highest BCUT2D eigenvalue weighted by Crippen LogP contribution is 2.32. The van der Waals surface area contributed by atoms with Gasteiger partial charge in [-0.1, -0.05) is 25.3 Å². The third kappa shape index (κ3) is 5.03. The number of aromatic amines is 1. The summed E-state index contributed by atoms with van der Waals surface area (Å²) in [6.45, 7) is 3.31. The number of rotatable bonds is 6. The van der Waals surface area contributed by atoms with E-state index in [-0.39, 0.29) is 17.9 Å². The molecule has 0 spiro atoms. The lowest BCUT2D eigenvalue weighted by atomic mass is 9.96. The Bertz CT molecular complexity index is 1080. The molecule has 2 fully saturated rings. The molecule has 174 valence electrons. The van der Waals surface area contributed by atoms with E-state index < -0.39 is 0 Å². The fourth-order valence-electron chi connectivity index (χ4n) is 5.32. The number of anilines is 1. The number of nitrogens with one attached hydrogen (secondary N) is 2. The van der Waals surface area contributed by atoms with Gasteiger partial charge in [0, 0.05) is 49.0 Å². The first-order chi connectivity index (χ1) is 16.2. The van der Waals surface area contributed by atoms with Crippen LogP contribution in [0.5, 0.6) is 0 Å². The number of likely N-dealkylation sites (tertiary alicyclic amines) is 1. The second kappa shape index (κ2) is 9.91. The number of carbonyl (C=O) groups is 1. The van der Waals surface area contributed by atoms with Crippen LogP contribution >= 0.6 is 0 Å². The van der Waals surface area contributed by atoms with Crippen molar-refractivity contribution < 1.29 is 9.18 Å². The highest BCUT2D eigenvalue weighted by atomic mass is 19.1. The quantitative estimate of drug-likeness (QED) is 0.554. The van der Waals surface area contributed by atoms with Gasteiger partial charge in [0.1, 0.15) is 11.6 Å². The van der Waals surface area contributed by atoms with E-state index in [1.54, 1.807) is 17.2 Å². The smallest absolute Gasteiger partial charge is 0.323 e. The number of hydrogen-bond donors (Lipinski definition) is 2. The first-order valence-electron chi connectivity index (χ1n) is 12.2. The summed E-state index contributed by atoms with van der Waals surface area (Å²) in [5.41, 5.74) is 2.10. The molecular weight excluding hydrogens is 417 g/mol. The second-order valence-electron chi connectivity index (χ2n) is 9.34. The molecule has 1 saturated carbocycles. The van der Waals surface area contributed by atoms with Crippen molar-refractivity contribution in [3.63, 3.8) is 0 Å². The number of fused-ring (bicyclic) bond motifs is 1. The van der Waals surface area contributed by atoms with E-state index in [2.05, 4.69) is 20.2 Å². The first-order valence-corrected chi connectivity index (χ1v) is 12.2. The summed E-state index contributed by atoms with van der Waals surface area (Å²) in [5.74, 6) is 0.883. The predicted octanol–water partition coefficient (Wildman–Crippen LogP) is 5.04. The molecular formula is C26H32FN5O. The van der Waals surface area contributed by atoms with Gasteiger partial charge < -0.3 is 15.2 Å². The van der Waals surface area contributed by atoms with Crippen LogP contribution < -0.4 is 10.2 Å². The summed E-state index contributed by atoms with van der Waals surface area (Å²) in [4.78, 5) is 25.0.